The third-order valence-corrected chi connectivity index (χ3v) is 2.16. The molecule has 0 radical (unpaired) electrons. The van der Waals surface area contributed by atoms with E-state index in [0.29, 0.717) is 0 Å². The van der Waals surface area contributed by atoms with Gasteiger partial charge in [0.2, 0.25) is 0 Å². The molecular formula is C10H13N3. The van der Waals surface area contributed by atoms with Gasteiger partial charge in [-0.1, -0.05) is 26.8 Å². The van der Waals surface area contributed by atoms with E-state index < -0.39 is 0 Å². The molecule has 0 aliphatic carbocycles. The van der Waals surface area contributed by atoms with Gasteiger partial charge in [0.05, 0.1) is 17.3 Å². The van der Waals surface area contributed by atoms with Gasteiger partial charge in [-0.2, -0.15) is 10.2 Å². The molecule has 2 aliphatic rings. The van der Waals surface area contributed by atoms with Gasteiger partial charge in [-0.15, -0.1) is 0 Å². The minimum atomic E-state index is 0.0511. The quantitative estimate of drug-likeness (QED) is 0.540. The lowest BCUT2D eigenvalue weighted by Gasteiger charge is -2.24. The van der Waals surface area contributed by atoms with Crippen LogP contribution >= 0.6 is 0 Å². The van der Waals surface area contributed by atoms with E-state index in [0.717, 1.165) is 11.4 Å². The van der Waals surface area contributed by atoms with E-state index in [1.165, 1.54) is 0 Å². The Morgan fingerprint density at radius 3 is 2.77 bits per heavy atom. The molecule has 0 aromatic carbocycles. The molecule has 0 N–H and O–H groups in total. The largest absolute Gasteiger partial charge is 0.259 e. The van der Waals surface area contributed by atoms with Gasteiger partial charge in [0.25, 0.3) is 0 Å². The van der Waals surface area contributed by atoms with Gasteiger partial charge >= 0.3 is 0 Å². The van der Waals surface area contributed by atoms with E-state index in [2.05, 4.69) is 36.0 Å². The monoisotopic (exact) mass is 175 g/mol. The van der Waals surface area contributed by atoms with Gasteiger partial charge < -0.3 is 0 Å². The van der Waals surface area contributed by atoms with Crippen molar-refractivity contribution in [3.63, 3.8) is 0 Å². The van der Waals surface area contributed by atoms with E-state index in [-0.39, 0.29) is 11.3 Å². The Morgan fingerprint density at radius 2 is 2.08 bits per heavy atom. The van der Waals surface area contributed by atoms with Gasteiger partial charge in [0.15, 0.2) is 0 Å². The zero-order chi connectivity index (χ0) is 9.47. The van der Waals surface area contributed by atoms with Crippen molar-refractivity contribution in [2.24, 2.45) is 26.5 Å². The molecule has 0 saturated carbocycles. The molecule has 0 bridgehead atoms. The Morgan fingerprint density at radius 1 is 1.31 bits per heavy atom. The molecule has 2 rings (SSSR count). The molecule has 0 fully saturated rings. The van der Waals surface area contributed by atoms with Crippen molar-refractivity contribution in [1.82, 2.24) is 0 Å². The first kappa shape index (κ1) is 8.35. The topological polar surface area (TPSA) is 37.1 Å². The Bertz CT molecular complexity index is 340. The Labute approximate surface area is 78.0 Å². The molecule has 1 atom stereocenters. The van der Waals surface area contributed by atoms with Crippen LogP contribution in [0.4, 0.5) is 0 Å². The normalized spacial score (nSPS) is 25.6. The average molecular weight is 175 g/mol. The summed E-state index contributed by atoms with van der Waals surface area (Å²) in [5.41, 5.74) is 2.11. The molecule has 0 amide bonds. The number of fused-ring (bicyclic) bond motifs is 1. The molecule has 3 heteroatoms. The first-order chi connectivity index (χ1) is 6.09. The van der Waals surface area contributed by atoms with E-state index in [1.54, 1.807) is 0 Å². The minimum Gasteiger partial charge on any atom is -0.259 e. The lowest BCUT2D eigenvalue weighted by molar-refractivity contribution is 0.596. The molecule has 0 spiro atoms. The van der Waals surface area contributed by atoms with E-state index in [9.17, 15) is 0 Å². The van der Waals surface area contributed by atoms with Crippen LogP contribution in [0, 0.1) is 11.3 Å². The van der Waals surface area contributed by atoms with Gasteiger partial charge in [-0.25, -0.2) is 0 Å². The summed E-state index contributed by atoms with van der Waals surface area (Å²) in [6.45, 7) is 6.43. The minimum absolute atomic E-state index is 0.0511. The Balaban J connectivity index is 2.40. The standard InChI is InChI=1S/C10H13N3/c1-10(2,3)9-8-7(4-5-11-9)6-12-13-8/h4-7H,1-3H3. The highest BCUT2D eigenvalue weighted by molar-refractivity contribution is 6.48. The van der Waals surface area contributed by atoms with Gasteiger partial charge in [0, 0.05) is 17.8 Å². The van der Waals surface area contributed by atoms with Crippen LogP contribution in [-0.2, 0) is 0 Å². The number of aliphatic imine (C=N–C) groups is 1. The molecule has 2 heterocycles. The maximum absolute atomic E-state index is 4.37. The number of allylic oxidation sites excluding steroid dienone is 1. The highest BCUT2D eigenvalue weighted by Gasteiger charge is 2.31. The molecule has 2 aliphatic heterocycles. The van der Waals surface area contributed by atoms with Crippen LogP contribution in [0.5, 0.6) is 0 Å². The summed E-state index contributed by atoms with van der Waals surface area (Å²) in [4.78, 5) is 4.37. The van der Waals surface area contributed by atoms with E-state index in [4.69, 9.17) is 0 Å². The molecule has 1 unspecified atom stereocenters. The Hall–Kier alpha value is -1.25. The van der Waals surface area contributed by atoms with E-state index in [1.807, 2.05) is 18.5 Å². The van der Waals surface area contributed by atoms with Crippen LogP contribution in [0.2, 0.25) is 0 Å². The summed E-state index contributed by atoms with van der Waals surface area (Å²) in [5, 5.41) is 8.03. The van der Waals surface area contributed by atoms with Gasteiger partial charge in [-0.05, 0) is 0 Å². The van der Waals surface area contributed by atoms with Gasteiger partial charge in [-0.3, -0.25) is 4.99 Å². The molecule has 0 aromatic rings. The molecule has 0 aromatic heterocycles. The molecular weight excluding hydrogens is 162 g/mol. The second kappa shape index (κ2) is 2.62. The average Bonchev–Trinajstić information content (AvgIpc) is 2.48. The summed E-state index contributed by atoms with van der Waals surface area (Å²) in [6, 6.07) is 0. The predicted octanol–water partition coefficient (Wildman–Crippen LogP) is 2.06. The zero-order valence-corrected chi connectivity index (χ0v) is 8.15. The second-order valence-electron chi connectivity index (χ2n) is 4.34. The zero-order valence-electron chi connectivity index (χ0n) is 8.15. The van der Waals surface area contributed by atoms with E-state index >= 15 is 0 Å². The van der Waals surface area contributed by atoms with Crippen LogP contribution in [0.15, 0.2) is 27.5 Å². The third kappa shape index (κ3) is 1.34. The smallest absolute Gasteiger partial charge is 0.0973 e. The Kier molecular flexibility index (Phi) is 1.68. The summed E-state index contributed by atoms with van der Waals surface area (Å²) < 4.78 is 0. The van der Waals surface area contributed by atoms with Crippen molar-refractivity contribution in [1.29, 1.82) is 0 Å². The lowest BCUT2D eigenvalue weighted by atomic mass is 9.82. The summed E-state index contributed by atoms with van der Waals surface area (Å²) in [5.74, 6) is 0.256. The molecule has 3 nitrogen and oxygen atoms in total. The third-order valence-electron chi connectivity index (χ3n) is 2.16. The SMILES string of the molecule is CC(C)(C)C1=NC=CC2C=NN=C12. The maximum atomic E-state index is 4.37. The van der Waals surface area contributed by atoms with Crippen molar-refractivity contribution < 1.29 is 0 Å². The van der Waals surface area contributed by atoms with Crippen molar-refractivity contribution >= 4 is 17.6 Å². The number of rotatable bonds is 0. The number of nitrogens with zero attached hydrogens (tertiary/aromatic N) is 3. The fraction of sp³-hybridized carbons (Fsp3) is 0.500. The highest BCUT2D eigenvalue weighted by atomic mass is 15.2. The highest BCUT2D eigenvalue weighted by Crippen LogP contribution is 2.24. The predicted molar refractivity (Wildman–Crippen MR) is 55.4 cm³/mol. The van der Waals surface area contributed by atoms with Crippen molar-refractivity contribution in [2.75, 3.05) is 0 Å². The summed E-state index contributed by atoms with van der Waals surface area (Å²) >= 11 is 0. The van der Waals surface area contributed by atoms with Crippen LogP contribution in [-0.4, -0.2) is 17.6 Å². The van der Waals surface area contributed by atoms with Crippen LogP contribution in [0.25, 0.3) is 0 Å². The second-order valence-corrected chi connectivity index (χ2v) is 4.34. The van der Waals surface area contributed by atoms with Crippen molar-refractivity contribution in [3.05, 3.63) is 12.3 Å². The molecule has 68 valence electrons. The first-order valence-corrected chi connectivity index (χ1v) is 4.45. The first-order valence-electron chi connectivity index (χ1n) is 4.45. The molecule has 0 saturated heterocycles. The summed E-state index contributed by atoms with van der Waals surface area (Å²) in [7, 11) is 0. The summed E-state index contributed by atoms with van der Waals surface area (Å²) in [6.07, 6.45) is 5.72. The maximum Gasteiger partial charge on any atom is 0.0973 e. The number of hydrogen-bond acceptors (Lipinski definition) is 3. The van der Waals surface area contributed by atoms with Crippen LogP contribution in [0.3, 0.4) is 0 Å². The molecule has 13 heavy (non-hydrogen) atoms. The lowest BCUT2D eigenvalue weighted by Crippen LogP contribution is -2.33. The van der Waals surface area contributed by atoms with Crippen molar-refractivity contribution in [2.45, 2.75) is 20.8 Å². The fourth-order valence-electron chi connectivity index (χ4n) is 1.50. The van der Waals surface area contributed by atoms with Crippen LogP contribution in [0.1, 0.15) is 20.8 Å². The fourth-order valence-corrected chi connectivity index (χ4v) is 1.50. The van der Waals surface area contributed by atoms with Gasteiger partial charge in [0.1, 0.15) is 0 Å². The van der Waals surface area contributed by atoms with Crippen LogP contribution < -0.4 is 0 Å². The van der Waals surface area contributed by atoms with Crippen molar-refractivity contribution in [3.8, 4) is 0 Å². The number of hydrogen-bond donors (Lipinski definition) is 0.